The summed E-state index contributed by atoms with van der Waals surface area (Å²) in [5.74, 6) is 0.694. The van der Waals surface area contributed by atoms with E-state index in [0.717, 1.165) is 36.0 Å². The van der Waals surface area contributed by atoms with Crippen LogP contribution < -0.4 is 5.32 Å². The fourth-order valence-corrected chi connectivity index (χ4v) is 3.17. The topological polar surface area (TPSA) is 32.3 Å². The highest BCUT2D eigenvalue weighted by molar-refractivity contribution is 6.06. The minimum absolute atomic E-state index is 0.123. The van der Waals surface area contributed by atoms with Gasteiger partial charge in [0.05, 0.1) is 0 Å². The molecule has 110 valence electrons. The molecule has 2 aromatic carbocycles. The number of nitrogens with one attached hydrogen (secondary N) is 1. The second-order valence-electron chi connectivity index (χ2n) is 5.92. The van der Waals surface area contributed by atoms with Crippen LogP contribution in [0, 0.1) is 5.92 Å². The van der Waals surface area contributed by atoms with Crippen LogP contribution in [0.4, 0.5) is 0 Å². The first-order valence-corrected chi connectivity index (χ1v) is 7.69. The number of hydrogen-bond donors (Lipinski definition) is 1. The van der Waals surface area contributed by atoms with Crippen molar-refractivity contribution in [3.63, 3.8) is 0 Å². The van der Waals surface area contributed by atoms with Gasteiger partial charge in [-0.2, -0.15) is 0 Å². The predicted molar refractivity (Wildman–Crippen MR) is 86.5 cm³/mol. The maximum absolute atomic E-state index is 12.7. The zero-order valence-electron chi connectivity index (χ0n) is 12.5. The van der Waals surface area contributed by atoms with E-state index in [1.165, 1.54) is 12.8 Å². The van der Waals surface area contributed by atoms with Crippen molar-refractivity contribution >= 4 is 16.7 Å². The van der Waals surface area contributed by atoms with E-state index in [4.69, 9.17) is 0 Å². The first-order valence-electron chi connectivity index (χ1n) is 7.69. The third-order valence-electron chi connectivity index (χ3n) is 4.30. The van der Waals surface area contributed by atoms with Crippen LogP contribution in [0.1, 0.15) is 23.2 Å². The second kappa shape index (κ2) is 6.27. The van der Waals surface area contributed by atoms with Crippen molar-refractivity contribution < 1.29 is 4.79 Å². The van der Waals surface area contributed by atoms with E-state index in [-0.39, 0.29) is 5.91 Å². The van der Waals surface area contributed by atoms with E-state index in [1.54, 1.807) is 0 Å². The Hall–Kier alpha value is -1.87. The van der Waals surface area contributed by atoms with Gasteiger partial charge in [-0.25, -0.2) is 0 Å². The van der Waals surface area contributed by atoms with Crippen LogP contribution in [-0.2, 0) is 0 Å². The Bertz CT molecular complexity index is 627. The van der Waals surface area contributed by atoms with Crippen molar-refractivity contribution in [2.75, 3.05) is 26.7 Å². The summed E-state index contributed by atoms with van der Waals surface area (Å²) in [5, 5.41) is 5.57. The molecule has 0 bridgehead atoms. The van der Waals surface area contributed by atoms with Crippen molar-refractivity contribution in [2.24, 2.45) is 5.92 Å². The summed E-state index contributed by atoms with van der Waals surface area (Å²) >= 11 is 0. The number of carbonyl (C=O) groups is 1. The number of benzene rings is 2. The average Bonchev–Trinajstić information content (AvgIpc) is 2.54. The van der Waals surface area contributed by atoms with Gasteiger partial charge in [-0.3, -0.25) is 4.79 Å². The molecule has 1 fully saturated rings. The number of fused-ring (bicyclic) bond motifs is 1. The highest BCUT2D eigenvalue weighted by Gasteiger charge is 2.20. The van der Waals surface area contributed by atoms with Gasteiger partial charge in [0, 0.05) is 19.2 Å². The van der Waals surface area contributed by atoms with E-state index in [2.05, 4.69) is 17.4 Å². The number of piperidine rings is 1. The van der Waals surface area contributed by atoms with Gasteiger partial charge in [0.2, 0.25) is 0 Å². The Labute approximate surface area is 125 Å². The summed E-state index contributed by atoms with van der Waals surface area (Å²) in [5.41, 5.74) is 0.805. The standard InChI is InChI=1S/C18H22N2O/c1-20(13-14-6-5-11-19-12-14)18(21)17-10-4-8-15-7-2-3-9-16(15)17/h2-4,7-10,14,19H,5-6,11-13H2,1H3. The summed E-state index contributed by atoms with van der Waals surface area (Å²) in [7, 11) is 1.92. The molecule has 0 radical (unpaired) electrons. The average molecular weight is 282 g/mol. The summed E-state index contributed by atoms with van der Waals surface area (Å²) < 4.78 is 0. The fraction of sp³-hybridized carbons (Fsp3) is 0.389. The third-order valence-corrected chi connectivity index (χ3v) is 4.30. The van der Waals surface area contributed by atoms with Crippen LogP contribution >= 0.6 is 0 Å². The molecule has 1 amide bonds. The molecule has 0 aliphatic carbocycles. The number of rotatable bonds is 3. The Morgan fingerprint density at radius 1 is 1.24 bits per heavy atom. The molecule has 3 heteroatoms. The molecule has 21 heavy (non-hydrogen) atoms. The van der Waals surface area contributed by atoms with E-state index >= 15 is 0 Å². The molecule has 1 unspecified atom stereocenters. The molecular formula is C18H22N2O. The number of nitrogens with zero attached hydrogens (tertiary/aromatic N) is 1. The van der Waals surface area contributed by atoms with Gasteiger partial charge < -0.3 is 10.2 Å². The maximum Gasteiger partial charge on any atom is 0.254 e. The zero-order valence-corrected chi connectivity index (χ0v) is 12.5. The maximum atomic E-state index is 12.7. The highest BCUT2D eigenvalue weighted by atomic mass is 16.2. The van der Waals surface area contributed by atoms with Gasteiger partial charge in [-0.15, -0.1) is 0 Å². The van der Waals surface area contributed by atoms with Gasteiger partial charge in [-0.05, 0) is 48.7 Å². The summed E-state index contributed by atoms with van der Waals surface area (Å²) in [6, 6.07) is 14.0. The van der Waals surface area contributed by atoms with Crippen LogP contribution in [0.3, 0.4) is 0 Å². The van der Waals surface area contributed by atoms with E-state index < -0.39 is 0 Å². The van der Waals surface area contributed by atoms with Crippen molar-refractivity contribution in [2.45, 2.75) is 12.8 Å². The molecule has 1 N–H and O–H groups in total. The van der Waals surface area contributed by atoms with Crippen LogP contribution in [0.25, 0.3) is 10.8 Å². The van der Waals surface area contributed by atoms with Crippen molar-refractivity contribution in [3.8, 4) is 0 Å². The highest BCUT2D eigenvalue weighted by Crippen LogP contribution is 2.20. The van der Waals surface area contributed by atoms with Gasteiger partial charge in [-0.1, -0.05) is 36.4 Å². The fourth-order valence-electron chi connectivity index (χ4n) is 3.17. The molecule has 0 spiro atoms. The van der Waals surface area contributed by atoms with E-state index in [9.17, 15) is 4.79 Å². The van der Waals surface area contributed by atoms with Crippen LogP contribution in [-0.4, -0.2) is 37.5 Å². The summed E-state index contributed by atoms with van der Waals surface area (Å²) in [4.78, 5) is 14.6. The quantitative estimate of drug-likeness (QED) is 0.939. The predicted octanol–water partition coefficient (Wildman–Crippen LogP) is 2.91. The molecule has 0 saturated carbocycles. The van der Waals surface area contributed by atoms with E-state index in [1.807, 2.05) is 42.3 Å². The molecule has 2 aromatic rings. The Balaban J connectivity index is 1.79. The van der Waals surface area contributed by atoms with Crippen LogP contribution in [0.15, 0.2) is 42.5 Å². The second-order valence-corrected chi connectivity index (χ2v) is 5.92. The van der Waals surface area contributed by atoms with Gasteiger partial charge in [0.25, 0.3) is 5.91 Å². The molecule has 1 heterocycles. The minimum atomic E-state index is 0.123. The molecule has 0 aromatic heterocycles. The first-order chi connectivity index (χ1) is 10.3. The smallest absolute Gasteiger partial charge is 0.254 e. The first kappa shape index (κ1) is 14.1. The Kier molecular flexibility index (Phi) is 4.20. The Morgan fingerprint density at radius 3 is 2.86 bits per heavy atom. The molecular weight excluding hydrogens is 260 g/mol. The van der Waals surface area contributed by atoms with Gasteiger partial charge in [0.15, 0.2) is 0 Å². The SMILES string of the molecule is CN(CC1CCCNC1)C(=O)c1cccc2ccccc12. The molecule has 3 rings (SSSR count). The monoisotopic (exact) mass is 282 g/mol. The molecule has 1 aliphatic rings. The Morgan fingerprint density at radius 2 is 2.05 bits per heavy atom. The van der Waals surface area contributed by atoms with Crippen molar-refractivity contribution in [1.29, 1.82) is 0 Å². The molecule has 1 saturated heterocycles. The lowest BCUT2D eigenvalue weighted by Crippen LogP contribution is -2.39. The van der Waals surface area contributed by atoms with Gasteiger partial charge in [0.1, 0.15) is 0 Å². The lowest BCUT2D eigenvalue weighted by Gasteiger charge is -2.28. The minimum Gasteiger partial charge on any atom is -0.341 e. The summed E-state index contributed by atoms with van der Waals surface area (Å²) in [6.07, 6.45) is 2.42. The molecule has 1 aliphatic heterocycles. The molecule has 3 nitrogen and oxygen atoms in total. The third kappa shape index (κ3) is 3.08. The van der Waals surface area contributed by atoms with Gasteiger partial charge >= 0.3 is 0 Å². The van der Waals surface area contributed by atoms with E-state index in [0.29, 0.717) is 5.92 Å². The van der Waals surface area contributed by atoms with Crippen LogP contribution in [0.5, 0.6) is 0 Å². The van der Waals surface area contributed by atoms with Crippen molar-refractivity contribution in [3.05, 3.63) is 48.0 Å². The lowest BCUT2D eigenvalue weighted by molar-refractivity contribution is 0.0766. The number of hydrogen-bond acceptors (Lipinski definition) is 2. The number of amides is 1. The zero-order chi connectivity index (χ0) is 14.7. The normalized spacial score (nSPS) is 18.6. The lowest BCUT2D eigenvalue weighted by atomic mass is 9.98. The summed E-state index contributed by atoms with van der Waals surface area (Å²) in [6.45, 7) is 2.96. The molecule has 1 atom stereocenters. The largest absolute Gasteiger partial charge is 0.341 e. The number of carbonyl (C=O) groups excluding carboxylic acids is 1. The van der Waals surface area contributed by atoms with Crippen molar-refractivity contribution in [1.82, 2.24) is 10.2 Å². The van der Waals surface area contributed by atoms with Crippen LogP contribution in [0.2, 0.25) is 0 Å².